The predicted octanol–water partition coefficient (Wildman–Crippen LogP) is 2.31. The van der Waals surface area contributed by atoms with Crippen molar-refractivity contribution < 1.29 is 19.4 Å². The highest BCUT2D eigenvalue weighted by atomic mass is 19.1. The lowest BCUT2D eigenvalue weighted by atomic mass is 9.82. The van der Waals surface area contributed by atoms with Crippen LogP contribution < -0.4 is 5.32 Å². The molecule has 20 heavy (non-hydrogen) atoms. The van der Waals surface area contributed by atoms with E-state index in [1.807, 2.05) is 0 Å². The molecule has 2 rings (SSSR count). The zero-order valence-electron chi connectivity index (χ0n) is 11.4. The molecule has 0 atom stereocenters. The summed E-state index contributed by atoms with van der Waals surface area (Å²) in [7, 11) is 0. The second-order valence-electron chi connectivity index (χ2n) is 5.47. The normalized spacial score (nSPS) is 17.9. The van der Waals surface area contributed by atoms with Gasteiger partial charge in [0.25, 0.3) is 0 Å². The molecule has 0 heterocycles. The van der Waals surface area contributed by atoms with Crippen molar-refractivity contribution in [1.82, 2.24) is 5.32 Å². The van der Waals surface area contributed by atoms with Crippen molar-refractivity contribution in [2.24, 2.45) is 0 Å². The highest BCUT2D eigenvalue weighted by molar-refractivity contribution is 5.87. The van der Waals surface area contributed by atoms with E-state index in [2.05, 4.69) is 5.32 Å². The van der Waals surface area contributed by atoms with E-state index in [1.165, 1.54) is 18.6 Å². The third kappa shape index (κ3) is 3.35. The van der Waals surface area contributed by atoms with Crippen LogP contribution in [0, 0.1) is 5.82 Å². The lowest BCUT2D eigenvalue weighted by Gasteiger charge is -2.36. The van der Waals surface area contributed by atoms with Crippen LogP contribution in [0.2, 0.25) is 0 Å². The Hall–Kier alpha value is -1.46. The number of carbonyl (C=O) groups is 1. The second kappa shape index (κ2) is 6.33. The molecule has 110 valence electrons. The summed E-state index contributed by atoms with van der Waals surface area (Å²) in [5.74, 6) is -1.99. The van der Waals surface area contributed by atoms with Gasteiger partial charge < -0.3 is 15.5 Å². The standard InChI is InChI=1S/C15H20FNO3/c16-13-8-11(4-5-12(13)14(19)20)9-17-15(10-18)6-2-1-3-7-15/h4-5,8,17-18H,1-3,6-7,9-10H2,(H,19,20). The van der Waals surface area contributed by atoms with Gasteiger partial charge in [0.15, 0.2) is 0 Å². The Kier molecular flexibility index (Phi) is 4.73. The lowest BCUT2D eigenvalue weighted by Crippen LogP contribution is -2.49. The van der Waals surface area contributed by atoms with Gasteiger partial charge in [0, 0.05) is 12.1 Å². The number of hydrogen-bond acceptors (Lipinski definition) is 3. The van der Waals surface area contributed by atoms with Gasteiger partial charge in [-0.05, 0) is 30.5 Å². The first kappa shape index (κ1) is 14.9. The van der Waals surface area contributed by atoms with Crippen molar-refractivity contribution in [3.63, 3.8) is 0 Å². The Morgan fingerprint density at radius 1 is 1.30 bits per heavy atom. The molecule has 0 unspecified atom stereocenters. The predicted molar refractivity (Wildman–Crippen MR) is 73.1 cm³/mol. The van der Waals surface area contributed by atoms with Gasteiger partial charge in [0.2, 0.25) is 0 Å². The lowest BCUT2D eigenvalue weighted by molar-refractivity contribution is 0.0692. The van der Waals surface area contributed by atoms with Crippen molar-refractivity contribution in [2.75, 3.05) is 6.61 Å². The molecule has 3 N–H and O–H groups in total. The Morgan fingerprint density at radius 3 is 2.55 bits per heavy atom. The van der Waals surface area contributed by atoms with Gasteiger partial charge >= 0.3 is 5.97 Å². The minimum Gasteiger partial charge on any atom is -0.478 e. The molecule has 0 saturated heterocycles. The minimum absolute atomic E-state index is 0.0721. The first-order valence-electron chi connectivity index (χ1n) is 6.94. The minimum atomic E-state index is -1.26. The van der Waals surface area contributed by atoms with E-state index in [1.54, 1.807) is 6.07 Å². The molecule has 0 radical (unpaired) electrons. The SMILES string of the molecule is O=C(O)c1ccc(CNC2(CO)CCCCC2)cc1F. The molecule has 1 aromatic rings. The van der Waals surface area contributed by atoms with Crippen LogP contribution in [-0.2, 0) is 6.54 Å². The molecule has 0 spiro atoms. The molecule has 4 nitrogen and oxygen atoms in total. The van der Waals surface area contributed by atoms with E-state index in [9.17, 15) is 14.3 Å². The monoisotopic (exact) mass is 281 g/mol. The van der Waals surface area contributed by atoms with E-state index < -0.39 is 11.8 Å². The Labute approximate surface area is 117 Å². The molecule has 1 fully saturated rings. The first-order valence-corrected chi connectivity index (χ1v) is 6.94. The molecular formula is C15H20FNO3. The molecule has 1 aliphatic carbocycles. The third-order valence-electron chi connectivity index (χ3n) is 4.04. The quantitative estimate of drug-likeness (QED) is 0.774. The Balaban J connectivity index is 2.03. The van der Waals surface area contributed by atoms with Gasteiger partial charge in [-0.15, -0.1) is 0 Å². The maximum absolute atomic E-state index is 13.6. The molecule has 1 aliphatic rings. The van der Waals surface area contributed by atoms with Crippen LogP contribution in [0.15, 0.2) is 18.2 Å². The molecule has 0 aromatic heterocycles. The number of hydrogen-bond donors (Lipinski definition) is 3. The topological polar surface area (TPSA) is 69.6 Å². The number of rotatable bonds is 5. The van der Waals surface area contributed by atoms with Crippen molar-refractivity contribution in [1.29, 1.82) is 0 Å². The molecular weight excluding hydrogens is 261 g/mol. The summed E-state index contributed by atoms with van der Waals surface area (Å²) in [5.41, 5.74) is 0.0920. The summed E-state index contributed by atoms with van der Waals surface area (Å²) in [6.45, 7) is 0.500. The largest absolute Gasteiger partial charge is 0.478 e. The summed E-state index contributed by atoms with van der Waals surface area (Å²) >= 11 is 0. The second-order valence-corrected chi connectivity index (χ2v) is 5.47. The van der Waals surface area contributed by atoms with Gasteiger partial charge in [-0.2, -0.15) is 0 Å². The van der Waals surface area contributed by atoms with Gasteiger partial charge in [-0.25, -0.2) is 9.18 Å². The fraction of sp³-hybridized carbons (Fsp3) is 0.533. The van der Waals surface area contributed by atoms with E-state index in [-0.39, 0.29) is 17.7 Å². The average Bonchev–Trinajstić information content (AvgIpc) is 2.46. The van der Waals surface area contributed by atoms with Gasteiger partial charge in [-0.3, -0.25) is 0 Å². The van der Waals surface area contributed by atoms with Crippen LogP contribution in [0.1, 0.15) is 48.0 Å². The number of carboxylic acids is 1. The van der Waals surface area contributed by atoms with Gasteiger partial charge in [0.1, 0.15) is 5.82 Å². The van der Waals surface area contributed by atoms with E-state index in [0.717, 1.165) is 25.7 Å². The zero-order valence-corrected chi connectivity index (χ0v) is 11.4. The maximum atomic E-state index is 13.6. The molecule has 1 saturated carbocycles. The summed E-state index contributed by atoms with van der Waals surface area (Å²) in [6, 6.07) is 4.12. The Morgan fingerprint density at radius 2 is 2.00 bits per heavy atom. The van der Waals surface area contributed by atoms with E-state index in [4.69, 9.17) is 5.11 Å². The molecule has 0 bridgehead atoms. The number of carboxylic acid groups (broad SMARTS) is 1. The number of aliphatic hydroxyl groups is 1. The van der Waals surface area contributed by atoms with Crippen molar-refractivity contribution in [2.45, 2.75) is 44.2 Å². The van der Waals surface area contributed by atoms with Crippen molar-refractivity contribution in [3.8, 4) is 0 Å². The molecule has 0 amide bonds. The number of aliphatic hydroxyl groups excluding tert-OH is 1. The summed E-state index contributed by atoms with van der Waals surface area (Å²) in [6.07, 6.45) is 5.18. The average molecular weight is 281 g/mol. The number of nitrogens with one attached hydrogen (secondary N) is 1. The summed E-state index contributed by atoms with van der Waals surface area (Å²) in [4.78, 5) is 10.7. The highest BCUT2D eigenvalue weighted by Crippen LogP contribution is 2.28. The van der Waals surface area contributed by atoms with Crippen LogP contribution in [0.3, 0.4) is 0 Å². The number of benzene rings is 1. The molecule has 1 aromatic carbocycles. The maximum Gasteiger partial charge on any atom is 0.338 e. The summed E-state index contributed by atoms with van der Waals surface area (Å²) < 4.78 is 13.6. The van der Waals surface area contributed by atoms with Crippen molar-refractivity contribution >= 4 is 5.97 Å². The number of halogens is 1. The fourth-order valence-electron chi connectivity index (χ4n) is 2.75. The van der Waals surface area contributed by atoms with Crippen LogP contribution in [0.4, 0.5) is 4.39 Å². The smallest absolute Gasteiger partial charge is 0.338 e. The zero-order chi connectivity index (χ0) is 14.6. The third-order valence-corrected chi connectivity index (χ3v) is 4.04. The Bertz CT molecular complexity index is 484. The van der Waals surface area contributed by atoms with Crippen LogP contribution >= 0.6 is 0 Å². The van der Waals surface area contributed by atoms with Gasteiger partial charge in [-0.1, -0.05) is 25.3 Å². The fourth-order valence-corrected chi connectivity index (χ4v) is 2.75. The van der Waals surface area contributed by atoms with Crippen LogP contribution in [0.25, 0.3) is 0 Å². The van der Waals surface area contributed by atoms with E-state index in [0.29, 0.717) is 12.1 Å². The van der Waals surface area contributed by atoms with Crippen LogP contribution in [-0.4, -0.2) is 28.3 Å². The molecule has 5 heteroatoms. The van der Waals surface area contributed by atoms with Gasteiger partial charge in [0.05, 0.1) is 12.2 Å². The molecule has 0 aliphatic heterocycles. The highest BCUT2D eigenvalue weighted by Gasteiger charge is 2.30. The first-order chi connectivity index (χ1) is 9.56. The van der Waals surface area contributed by atoms with Crippen LogP contribution in [0.5, 0.6) is 0 Å². The van der Waals surface area contributed by atoms with Crippen molar-refractivity contribution in [3.05, 3.63) is 35.1 Å². The summed E-state index contributed by atoms with van der Waals surface area (Å²) in [5, 5.41) is 21.7. The number of aromatic carboxylic acids is 1. The van der Waals surface area contributed by atoms with E-state index >= 15 is 0 Å².